The van der Waals surface area contributed by atoms with Crippen LogP contribution in [0.15, 0.2) is 30.3 Å². The van der Waals surface area contributed by atoms with Gasteiger partial charge in [-0.2, -0.15) is 0 Å². The van der Waals surface area contributed by atoms with Crippen molar-refractivity contribution in [2.45, 2.75) is 12.8 Å². The van der Waals surface area contributed by atoms with Gasteiger partial charge in [0.2, 0.25) is 0 Å². The molecule has 1 nitrogen and oxygen atoms in total. The molecular formula is C14H12F2O. The Labute approximate surface area is 98.0 Å². The molecule has 0 aliphatic heterocycles. The first kappa shape index (κ1) is 10.5. The van der Waals surface area contributed by atoms with Crippen LogP contribution in [0.1, 0.15) is 12.8 Å². The molecule has 0 radical (unpaired) electrons. The fraction of sp³-hybridized carbons (Fsp3) is 0.286. The second-order valence-electron chi connectivity index (χ2n) is 4.47. The number of ether oxygens (including phenoxy) is 1. The van der Waals surface area contributed by atoms with Crippen LogP contribution in [-0.2, 0) is 0 Å². The molecule has 88 valence electrons. The van der Waals surface area contributed by atoms with E-state index in [2.05, 4.69) is 0 Å². The van der Waals surface area contributed by atoms with Crippen molar-refractivity contribution in [3.8, 4) is 5.75 Å². The zero-order valence-electron chi connectivity index (χ0n) is 9.25. The van der Waals surface area contributed by atoms with Crippen LogP contribution in [0, 0.1) is 17.6 Å². The number of fused-ring (bicyclic) bond motifs is 1. The quantitative estimate of drug-likeness (QED) is 0.782. The molecule has 1 aliphatic carbocycles. The van der Waals surface area contributed by atoms with Crippen LogP contribution >= 0.6 is 0 Å². The van der Waals surface area contributed by atoms with Gasteiger partial charge in [-0.1, -0.05) is 12.1 Å². The lowest BCUT2D eigenvalue weighted by atomic mass is 10.1. The van der Waals surface area contributed by atoms with E-state index in [1.165, 1.54) is 18.2 Å². The Morgan fingerprint density at radius 1 is 1.00 bits per heavy atom. The summed E-state index contributed by atoms with van der Waals surface area (Å²) in [4.78, 5) is 0. The molecule has 0 amide bonds. The standard InChI is InChI=1S/C14H12F2O/c15-12-3-1-2-11-10(12)6-7-13(16)14(11)17-8-9-4-5-9/h1-3,6-7,9H,4-5,8H2. The molecule has 0 atom stereocenters. The molecule has 2 aromatic carbocycles. The average Bonchev–Trinajstić information content (AvgIpc) is 3.12. The van der Waals surface area contributed by atoms with E-state index in [0.29, 0.717) is 23.3 Å². The first-order valence-electron chi connectivity index (χ1n) is 5.75. The van der Waals surface area contributed by atoms with Gasteiger partial charge in [0.15, 0.2) is 11.6 Å². The third-order valence-electron chi connectivity index (χ3n) is 3.07. The van der Waals surface area contributed by atoms with Crippen molar-refractivity contribution in [1.29, 1.82) is 0 Å². The minimum atomic E-state index is -0.427. The van der Waals surface area contributed by atoms with E-state index < -0.39 is 5.82 Å². The van der Waals surface area contributed by atoms with Crippen molar-refractivity contribution >= 4 is 10.8 Å². The van der Waals surface area contributed by atoms with Crippen LogP contribution in [0.5, 0.6) is 5.75 Å². The Bertz CT molecular complexity index is 561. The minimum absolute atomic E-state index is 0.175. The molecule has 0 bridgehead atoms. The predicted octanol–water partition coefficient (Wildman–Crippen LogP) is 3.91. The third kappa shape index (κ3) is 1.97. The molecule has 3 rings (SSSR count). The van der Waals surface area contributed by atoms with Crippen LogP contribution in [-0.4, -0.2) is 6.61 Å². The lowest BCUT2D eigenvalue weighted by Crippen LogP contribution is -2.01. The SMILES string of the molecule is Fc1ccc2c(F)cccc2c1OCC1CC1. The summed E-state index contributed by atoms with van der Waals surface area (Å²) in [5.41, 5.74) is 0. The van der Waals surface area contributed by atoms with Gasteiger partial charge >= 0.3 is 0 Å². The second-order valence-corrected chi connectivity index (χ2v) is 4.47. The zero-order chi connectivity index (χ0) is 11.8. The van der Waals surface area contributed by atoms with E-state index in [0.717, 1.165) is 12.8 Å². The maximum atomic E-state index is 13.7. The minimum Gasteiger partial charge on any atom is -0.490 e. The van der Waals surface area contributed by atoms with Gasteiger partial charge in [0, 0.05) is 10.8 Å². The Balaban J connectivity index is 2.06. The smallest absolute Gasteiger partial charge is 0.165 e. The van der Waals surface area contributed by atoms with Gasteiger partial charge < -0.3 is 4.74 Å². The van der Waals surface area contributed by atoms with E-state index in [-0.39, 0.29) is 11.6 Å². The predicted molar refractivity (Wildman–Crippen MR) is 62.1 cm³/mol. The fourth-order valence-electron chi connectivity index (χ4n) is 1.90. The van der Waals surface area contributed by atoms with Crippen LogP contribution in [0.25, 0.3) is 10.8 Å². The first-order chi connectivity index (χ1) is 8.25. The summed E-state index contributed by atoms with van der Waals surface area (Å²) in [5, 5.41) is 0.908. The molecule has 0 aromatic heterocycles. The normalized spacial score (nSPS) is 15.2. The lowest BCUT2D eigenvalue weighted by Gasteiger charge is -2.10. The molecule has 2 aromatic rings. The molecule has 1 saturated carbocycles. The Morgan fingerprint density at radius 3 is 2.59 bits per heavy atom. The second kappa shape index (κ2) is 3.99. The third-order valence-corrected chi connectivity index (χ3v) is 3.07. The topological polar surface area (TPSA) is 9.23 Å². The Morgan fingerprint density at radius 2 is 1.82 bits per heavy atom. The van der Waals surface area contributed by atoms with Crippen molar-refractivity contribution < 1.29 is 13.5 Å². The maximum absolute atomic E-state index is 13.7. The summed E-state index contributed by atoms with van der Waals surface area (Å²) in [6.07, 6.45) is 2.28. The highest BCUT2D eigenvalue weighted by atomic mass is 19.1. The molecule has 0 spiro atoms. The van der Waals surface area contributed by atoms with Crippen LogP contribution < -0.4 is 4.74 Å². The van der Waals surface area contributed by atoms with Crippen LogP contribution in [0.4, 0.5) is 8.78 Å². The molecule has 3 heteroatoms. The highest BCUT2D eigenvalue weighted by molar-refractivity contribution is 5.89. The molecule has 0 saturated heterocycles. The van der Waals surface area contributed by atoms with Crippen molar-refractivity contribution in [2.75, 3.05) is 6.61 Å². The van der Waals surface area contributed by atoms with Gasteiger partial charge in [0.25, 0.3) is 0 Å². The monoisotopic (exact) mass is 234 g/mol. The summed E-state index contributed by atoms with van der Waals surface area (Å²) in [7, 11) is 0. The average molecular weight is 234 g/mol. The molecule has 1 aliphatic rings. The first-order valence-corrected chi connectivity index (χ1v) is 5.75. The summed E-state index contributed by atoms with van der Waals surface area (Å²) in [6.45, 7) is 0.520. The summed E-state index contributed by atoms with van der Waals surface area (Å²) < 4.78 is 32.7. The highest BCUT2D eigenvalue weighted by Crippen LogP contribution is 2.34. The zero-order valence-corrected chi connectivity index (χ0v) is 9.25. The number of hydrogen-bond donors (Lipinski definition) is 0. The fourth-order valence-corrected chi connectivity index (χ4v) is 1.90. The molecule has 0 heterocycles. The molecule has 1 fully saturated rings. The number of benzene rings is 2. The number of rotatable bonds is 3. The molecule has 0 N–H and O–H groups in total. The van der Waals surface area contributed by atoms with E-state index in [4.69, 9.17) is 4.74 Å². The largest absolute Gasteiger partial charge is 0.490 e. The van der Waals surface area contributed by atoms with Gasteiger partial charge in [-0.25, -0.2) is 8.78 Å². The van der Waals surface area contributed by atoms with E-state index in [9.17, 15) is 8.78 Å². The lowest BCUT2D eigenvalue weighted by molar-refractivity contribution is 0.289. The van der Waals surface area contributed by atoms with Gasteiger partial charge in [0.05, 0.1) is 6.61 Å². The van der Waals surface area contributed by atoms with Crippen molar-refractivity contribution in [2.24, 2.45) is 5.92 Å². The summed E-state index contributed by atoms with van der Waals surface area (Å²) in [6, 6.07) is 7.33. The molecule has 0 unspecified atom stereocenters. The van der Waals surface area contributed by atoms with Crippen molar-refractivity contribution in [3.63, 3.8) is 0 Å². The summed E-state index contributed by atoms with van der Waals surface area (Å²) in [5.74, 6) is -0.0605. The Kier molecular flexibility index (Phi) is 2.46. The van der Waals surface area contributed by atoms with Crippen molar-refractivity contribution in [3.05, 3.63) is 42.0 Å². The van der Waals surface area contributed by atoms with Gasteiger partial charge in [-0.15, -0.1) is 0 Å². The van der Waals surface area contributed by atoms with Gasteiger partial charge in [-0.05, 0) is 37.0 Å². The van der Waals surface area contributed by atoms with Gasteiger partial charge in [-0.3, -0.25) is 0 Å². The number of halogens is 2. The molecular weight excluding hydrogens is 222 g/mol. The summed E-state index contributed by atoms with van der Waals surface area (Å²) >= 11 is 0. The maximum Gasteiger partial charge on any atom is 0.165 e. The van der Waals surface area contributed by atoms with E-state index in [1.807, 2.05) is 0 Å². The van der Waals surface area contributed by atoms with Crippen molar-refractivity contribution in [1.82, 2.24) is 0 Å². The molecule has 17 heavy (non-hydrogen) atoms. The van der Waals surface area contributed by atoms with E-state index >= 15 is 0 Å². The Hall–Kier alpha value is -1.64. The number of hydrogen-bond acceptors (Lipinski definition) is 1. The van der Waals surface area contributed by atoms with Crippen LogP contribution in [0.2, 0.25) is 0 Å². The van der Waals surface area contributed by atoms with E-state index in [1.54, 1.807) is 12.1 Å². The van der Waals surface area contributed by atoms with Gasteiger partial charge in [0.1, 0.15) is 5.82 Å². The van der Waals surface area contributed by atoms with Crippen LogP contribution in [0.3, 0.4) is 0 Å². The highest BCUT2D eigenvalue weighted by Gasteiger charge is 2.23.